The van der Waals surface area contributed by atoms with Crippen molar-refractivity contribution in [2.45, 2.75) is 6.92 Å². The fraction of sp³-hybridized carbons (Fsp3) is 0.0455. The highest BCUT2D eigenvalue weighted by atomic mass is 19.1. The average molecular weight is 370 g/mol. The molecule has 136 valence electrons. The molecule has 0 amide bonds. The van der Waals surface area contributed by atoms with Crippen molar-refractivity contribution < 1.29 is 4.39 Å². The van der Waals surface area contributed by atoms with E-state index in [2.05, 4.69) is 10.1 Å². The Hall–Kier alpha value is -3.80. The number of para-hydroxylation sites is 1. The summed E-state index contributed by atoms with van der Waals surface area (Å²) < 4.78 is 16.6. The lowest BCUT2D eigenvalue weighted by Gasteiger charge is -2.08. The number of aromatic nitrogens is 4. The van der Waals surface area contributed by atoms with E-state index in [0.29, 0.717) is 16.6 Å². The molecule has 0 aliphatic rings. The largest absolute Gasteiger partial charge is 0.284 e. The van der Waals surface area contributed by atoms with E-state index in [1.807, 2.05) is 43.3 Å². The van der Waals surface area contributed by atoms with E-state index in [4.69, 9.17) is 0 Å². The van der Waals surface area contributed by atoms with E-state index < -0.39 is 0 Å². The smallest absolute Gasteiger partial charge is 0.266 e. The van der Waals surface area contributed by atoms with E-state index >= 15 is 0 Å². The molecule has 3 heterocycles. The Morgan fingerprint density at radius 3 is 2.46 bits per heavy atom. The molecule has 0 bridgehead atoms. The Morgan fingerprint density at radius 2 is 1.71 bits per heavy atom. The molecule has 0 atom stereocenters. The van der Waals surface area contributed by atoms with Crippen molar-refractivity contribution in [2.24, 2.45) is 0 Å². The fourth-order valence-electron chi connectivity index (χ4n) is 3.52. The van der Waals surface area contributed by atoms with Crippen LogP contribution >= 0.6 is 0 Å². The zero-order valence-corrected chi connectivity index (χ0v) is 15.0. The first-order chi connectivity index (χ1) is 13.6. The van der Waals surface area contributed by atoms with Gasteiger partial charge in [-0.3, -0.25) is 9.36 Å². The third kappa shape index (κ3) is 2.42. The van der Waals surface area contributed by atoms with Crippen LogP contribution < -0.4 is 5.56 Å². The number of hydrogen-bond acceptors (Lipinski definition) is 3. The van der Waals surface area contributed by atoms with Crippen LogP contribution in [0.5, 0.6) is 0 Å². The highest BCUT2D eigenvalue weighted by Crippen LogP contribution is 2.28. The SMILES string of the molecule is Cc1nn2c(ncc3c(=O)n(-c4ccccc4)ccc32)c1-c1ccc(F)cc1. The second-order valence-electron chi connectivity index (χ2n) is 6.59. The van der Waals surface area contributed by atoms with Gasteiger partial charge in [0, 0.05) is 23.6 Å². The van der Waals surface area contributed by atoms with Crippen LogP contribution in [0.3, 0.4) is 0 Å². The first-order valence-corrected chi connectivity index (χ1v) is 8.84. The zero-order valence-electron chi connectivity index (χ0n) is 15.0. The Morgan fingerprint density at radius 1 is 0.964 bits per heavy atom. The highest BCUT2D eigenvalue weighted by molar-refractivity contribution is 5.86. The third-order valence-electron chi connectivity index (χ3n) is 4.85. The van der Waals surface area contributed by atoms with Gasteiger partial charge in [-0.05, 0) is 42.8 Å². The number of pyridine rings is 1. The minimum absolute atomic E-state index is 0.158. The van der Waals surface area contributed by atoms with Crippen molar-refractivity contribution in [3.05, 3.63) is 94.9 Å². The summed E-state index contributed by atoms with van der Waals surface area (Å²) in [6.45, 7) is 1.88. The minimum atomic E-state index is -0.294. The van der Waals surface area contributed by atoms with Crippen molar-refractivity contribution in [1.82, 2.24) is 19.2 Å². The second-order valence-corrected chi connectivity index (χ2v) is 6.59. The number of halogens is 1. The van der Waals surface area contributed by atoms with Gasteiger partial charge in [-0.1, -0.05) is 30.3 Å². The number of rotatable bonds is 2. The Bertz CT molecular complexity index is 1390. The Balaban J connectivity index is 1.78. The summed E-state index contributed by atoms with van der Waals surface area (Å²) in [5.41, 5.74) is 4.37. The molecular weight excluding hydrogens is 355 g/mol. The van der Waals surface area contributed by atoms with Crippen molar-refractivity contribution in [3.63, 3.8) is 0 Å². The third-order valence-corrected chi connectivity index (χ3v) is 4.85. The normalized spacial score (nSPS) is 11.4. The van der Waals surface area contributed by atoms with E-state index in [9.17, 15) is 9.18 Å². The van der Waals surface area contributed by atoms with Gasteiger partial charge in [-0.25, -0.2) is 13.9 Å². The molecule has 5 aromatic rings. The predicted octanol–water partition coefficient (Wildman–Crippen LogP) is 4.15. The van der Waals surface area contributed by atoms with Gasteiger partial charge in [-0.15, -0.1) is 0 Å². The highest BCUT2D eigenvalue weighted by Gasteiger charge is 2.16. The average Bonchev–Trinajstić information content (AvgIpc) is 3.06. The molecule has 0 fully saturated rings. The maximum atomic E-state index is 13.3. The fourth-order valence-corrected chi connectivity index (χ4v) is 3.52. The van der Waals surface area contributed by atoms with E-state index in [-0.39, 0.29) is 11.4 Å². The molecule has 0 aliphatic heterocycles. The number of fused-ring (bicyclic) bond motifs is 3. The molecule has 2 aromatic carbocycles. The van der Waals surface area contributed by atoms with Gasteiger partial charge in [-0.2, -0.15) is 5.10 Å². The lowest BCUT2D eigenvalue weighted by Crippen LogP contribution is -2.18. The molecule has 0 unspecified atom stereocenters. The predicted molar refractivity (Wildman–Crippen MR) is 106 cm³/mol. The molecule has 0 spiro atoms. The summed E-state index contributed by atoms with van der Waals surface area (Å²) in [6, 6.07) is 17.5. The van der Waals surface area contributed by atoms with Crippen LogP contribution in [0.1, 0.15) is 5.69 Å². The van der Waals surface area contributed by atoms with Gasteiger partial charge < -0.3 is 0 Å². The summed E-state index contributed by atoms with van der Waals surface area (Å²) in [5, 5.41) is 5.07. The van der Waals surface area contributed by atoms with Gasteiger partial charge >= 0.3 is 0 Å². The summed E-state index contributed by atoms with van der Waals surface area (Å²) in [5.74, 6) is -0.294. The van der Waals surface area contributed by atoms with Crippen molar-refractivity contribution >= 4 is 16.6 Å². The molecule has 0 aliphatic carbocycles. The van der Waals surface area contributed by atoms with Crippen LogP contribution in [0, 0.1) is 12.7 Å². The quantitative estimate of drug-likeness (QED) is 0.469. The Labute approximate surface area is 159 Å². The molecule has 3 aromatic heterocycles. The molecule has 28 heavy (non-hydrogen) atoms. The van der Waals surface area contributed by atoms with Crippen LogP contribution in [0.25, 0.3) is 33.4 Å². The van der Waals surface area contributed by atoms with Gasteiger partial charge in [0.15, 0.2) is 5.65 Å². The first kappa shape index (κ1) is 16.4. The molecule has 0 N–H and O–H groups in total. The van der Waals surface area contributed by atoms with Crippen LogP contribution in [-0.2, 0) is 0 Å². The lowest BCUT2D eigenvalue weighted by molar-refractivity contribution is 0.628. The number of hydrogen-bond donors (Lipinski definition) is 0. The van der Waals surface area contributed by atoms with Gasteiger partial charge in [0.1, 0.15) is 5.82 Å². The number of benzene rings is 2. The van der Waals surface area contributed by atoms with E-state index in [1.165, 1.54) is 12.1 Å². The Kier molecular flexibility index (Phi) is 3.58. The van der Waals surface area contributed by atoms with Crippen LogP contribution in [0.2, 0.25) is 0 Å². The van der Waals surface area contributed by atoms with E-state index in [1.54, 1.807) is 33.6 Å². The summed E-state index contributed by atoms with van der Waals surface area (Å²) in [6.07, 6.45) is 3.33. The van der Waals surface area contributed by atoms with Gasteiger partial charge in [0.2, 0.25) is 0 Å². The maximum Gasteiger partial charge on any atom is 0.266 e. The first-order valence-electron chi connectivity index (χ1n) is 8.84. The molecule has 5 rings (SSSR count). The maximum absolute atomic E-state index is 13.3. The summed E-state index contributed by atoms with van der Waals surface area (Å²) >= 11 is 0. The minimum Gasteiger partial charge on any atom is -0.284 e. The topological polar surface area (TPSA) is 52.2 Å². The van der Waals surface area contributed by atoms with E-state index in [0.717, 1.165) is 22.5 Å². The molecule has 0 radical (unpaired) electrons. The van der Waals surface area contributed by atoms with Gasteiger partial charge in [0.25, 0.3) is 5.56 Å². The standard InChI is InChI=1S/C22H15FN4O/c1-14-20(15-7-9-16(23)10-8-15)21-24-13-18-19(27(21)25-14)11-12-26(22(18)28)17-5-3-2-4-6-17/h2-13H,1H3. The molecule has 5 nitrogen and oxygen atoms in total. The van der Waals surface area contributed by atoms with Crippen molar-refractivity contribution in [2.75, 3.05) is 0 Å². The van der Waals surface area contributed by atoms with Crippen LogP contribution in [0.15, 0.2) is 77.9 Å². The summed E-state index contributed by atoms with van der Waals surface area (Å²) in [7, 11) is 0. The van der Waals surface area contributed by atoms with Crippen molar-refractivity contribution in [1.29, 1.82) is 0 Å². The lowest BCUT2D eigenvalue weighted by atomic mass is 10.1. The van der Waals surface area contributed by atoms with Crippen LogP contribution in [0.4, 0.5) is 4.39 Å². The van der Waals surface area contributed by atoms with Crippen LogP contribution in [-0.4, -0.2) is 19.2 Å². The summed E-state index contributed by atoms with van der Waals surface area (Å²) in [4.78, 5) is 17.5. The molecule has 0 saturated carbocycles. The molecular formula is C22H15FN4O. The number of aryl methyl sites for hydroxylation is 1. The zero-order chi connectivity index (χ0) is 19.3. The molecule has 6 heteroatoms. The van der Waals surface area contributed by atoms with Gasteiger partial charge in [0.05, 0.1) is 16.6 Å². The molecule has 0 saturated heterocycles. The number of nitrogens with zero attached hydrogens (tertiary/aromatic N) is 4. The second kappa shape index (κ2) is 6.13. The monoisotopic (exact) mass is 370 g/mol. The van der Waals surface area contributed by atoms with Crippen molar-refractivity contribution in [3.8, 4) is 16.8 Å².